The van der Waals surface area contributed by atoms with Crippen LogP contribution in [0.3, 0.4) is 0 Å². The minimum atomic E-state index is -2.36. The lowest BCUT2D eigenvalue weighted by molar-refractivity contribution is -0.0132. The molecule has 0 unspecified atom stereocenters. The van der Waals surface area contributed by atoms with E-state index in [-0.39, 0.29) is 12.2 Å². The molecule has 0 aromatic heterocycles. The van der Waals surface area contributed by atoms with E-state index < -0.39 is 18.8 Å². The predicted molar refractivity (Wildman–Crippen MR) is 185 cm³/mol. The van der Waals surface area contributed by atoms with Gasteiger partial charge in [-0.3, -0.25) is 4.79 Å². The van der Waals surface area contributed by atoms with Crippen molar-refractivity contribution in [2.75, 3.05) is 6.16 Å². The van der Waals surface area contributed by atoms with Gasteiger partial charge >= 0.3 is 5.97 Å². The van der Waals surface area contributed by atoms with Crippen LogP contribution in [0.2, 0.25) is 0 Å². The number of benzene rings is 6. The number of ketones is 1. The largest absolute Gasteiger partial charge is 0.442 e. The van der Waals surface area contributed by atoms with Gasteiger partial charge in [-0.2, -0.15) is 0 Å². The summed E-state index contributed by atoms with van der Waals surface area (Å²) in [6, 6.07) is 59.2. The number of hydrogen-bond acceptors (Lipinski definition) is 3. The molecule has 0 fully saturated rings. The van der Waals surface area contributed by atoms with Gasteiger partial charge < -0.3 is 4.74 Å². The van der Waals surface area contributed by atoms with E-state index in [9.17, 15) is 9.59 Å². The second-order valence-corrected chi connectivity index (χ2v) is 14.5. The first kappa shape index (κ1) is 29.9. The van der Waals surface area contributed by atoms with Crippen molar-refractivity contribution in [3.05, 3.63) is 199 Å². The third kappa shape index (κ3) is 6.13. The summed E-state index contributed by atoms with van der Waals surface area (Å²) >= 11 is 0. The Kier molecular flexibility index (Phi) is 9.10. The van der Waals surface area contributed by atoms with Crippen LogP contribution < -0.4 is 15.9 Å². The third-order valence-corrected chi connectivity index (χ3v) is 12.7. The Bertz CT molecular complexity index is 1730. The number of carbonyl (C=O) groups excluding carboxylic acids is 2. The Morgan fingerprint density at radius 3 is 1.24 bits per heavy atom. The molecule has 220 valence electrons. The number of hydrogen-bond donors (Lipinski definition) is 0. The highest BCUT2D eigenvalue weighted by Gasteiger charge is 2.52. The maximum atomic E-state index is 14.9. The minimum absolute atomic E-state index is 0.245. The summed E-state index contributed by atoms with van der Waals surface area (Å²) in [6.45, 7) is 0. The van der Waals surface area contributed by atoms with Crippen molar-refractivity contribution in [3.8, 4) is 0 Å². The number of esters is 1. The number of carbonyl (C=O) groups is 2. The molecule has 6 rings (SSSR count). The fourth-order valence-electron chi connectivity index (χ4n) is 6.07. The van der Waals surface area contributed by atoms with Crippen LogP contribution in [-0.4, -0.2) is 17.9 Å². The summed E-state index contributed by atoms with van der Waals surface area (Å²) < 4.78 is 6.56. The van der Waals surface area contributed by atoms with Crippen LogP contribution in [0.5, 0.6) is 0 Å². The first-order valence-electron chi connectivity index (χ1n) is 15.1. The van der Waals surface area contributed by atoms with E-state index in [1.165, 1.54) is 15.9 Å². The molecule has 0 heterocycles. The summed E-state index contributed by atoms with van der Waals surface area (Å²) in [5.74, 6) is -0.780. The Hall–Kier alpha value is -5.11. The van der Waals surface area contributed by atoms with Crippen LogP contribution >= 0.6 is 7.26 Å². The van der Waals surface area contributed by atoms with Gasteiger partial charge in [-0.25, -0.2) is 4.79 Å². The van der Waals surface area contributed by atoms with Crippen LogP contribution in [0.1, 0.15) is 32.7 Å². The van der Waals surface area contributed by atoms with E-state index in [1.54, 1.807) is 36.4 Å². The average molecular weight is 606 g/mol. The number of ether oxygens (including phenoxy) is 1. The SMILES string of the molecule is O=C(O[C@](CC[P+](c1ccccc1)(c1ccccc1)c1ccccc1)(C(=O)c1ccccc1)c1ccccc1)c1ccccc1. The summed E-state index contributed by atoms with van der Waals surface area (Å²) in [5.41, 5.74) is -0.0475. The second-order valence-electron chi connectivity index (χ2n) is 10.9. The van der Waals surface area contributed by atoms with Crippen molar-refractivity contribution in [3.63, 3.8) is 0 Å². The van der Waals surface area contributed by atoms with Gasteiger partial charge in [-0.05, 0) is 48.5 Å². The third-order valence-electron chi connectivity index (χ3n) is 8.31. The predicted octanol–water partition coefficient (Wildman–Crippen LogP) is 8.01. The molecule has 6 aromatic rings. The van der Waals surface area contributed by atoms with E-state index >= 15 is 0 Å². The van der Waals surface area contributed by atoms with Crippen LogP contribution in [0, 0.1) is 0 Å². The van der Waals surface area contributed by atoms with Gasteiger partial charge in [0.05, 0.1) is 11.7 Å². The molecular formula is C41H34O3P+. The molecule has 0 aliphatic carbocycles. The standard InChI is InChI=1S/C41H34O3P/c42-39(33-19-7-1-8-20-33)41(35-23-11-3-12-24-35,44-40(43)34-21-9-2-10-22-34)31-32-45(36-25-13-4-14-26-36,37-27-15-5-16-28-37)38-29-17-6-18-30-38/h1-30H,31-32H2/q+1/t41-/m0/s1. The average Bonchev–Trinajstić information content (AvgIpc) is 3.13. The lowest BCUT2D eigenvalue weighted by Gasteiger charge is -2.35. The van der Waals surface area contributed by atoms with Crippen LogP contribution in [0.4, 0.5) is 0 Å². The molecule has 0 saturated heterocycles. The molecule has 1 atom stereocenters. The van der Waals surface area contributed by atoms with Gasteiger partial charge in [0.25, 0.3) is 0 Å². The zero-order chi connectivity index (χ0) is 31.0. The van der Waals surface area contributed by atoms with Crippen molar-refractivity contribution in [2.24, 2.45) is 0 Å². The van der Waals surface area contributed by atoms with Crippen LogP contribution in [-0.2, 0) is 10.3 Å². The zero-order valence-corrected chi connectivity index (χ0v) is 25.8. The van der Waals surface area contributed by atoms with Gasteiger partial charge in [0.1, 0.15) is 23.2 Å². The molecule has 0 N–H and O–H groups in total. The first-order valence-corrected chi connectivity index (χ1v) is 17.1. The second kappa shape index (κ2) is 13.7. The molecule has 6 aromatic carbocycles. The summed E-state index contributed by atoms with van der Waals surface area (Å²) in [5, 5.41) is 3.60. The van der Waals surface area contributed by atoms with E-state index in [2.05, 4.69) is 72.8 Å². The first-order chi connectivity index (χ1) is 22.1. The molecule has 0 bridgehead atoms. The van der Waals surface area contributed by atoms with Crippen molar-refractivity contribution < 1.29 is 14.3 Å². The molecule has 0 amide bonds. The summed E-state index contributed by atoms with van der Waals surface area (Å²) in [7, 11) is -2.36. The molecule has 4 heteroatoms. The smallest absolute Gasteiger partial charge is 0.339 e. The van der Waals surface area contributed by atoms with Gasteiger partial charge in [0.2, 0.25) is 11.4 Å². The Morgan fingerprint density at radius 2 is 0.822 bits per heavy atom. The fraction of sp³-hybridized carbons (Fsp3) is 0.0732. The Labute approximate surface area is 265 Å². The molecule has 3 nitrogen and oxygen atoms in total. The summed E-state index contributed by atoms with van der Waals surface area (Å²) in [6.07, 6.45) is 0.857. The van der Waals surface area contributed by atoms with E-state index in [0.29, 0.717) is 22.9 Å². The zero-order valence-electron chi connectivity index (χ0n) is 24.9. The van der Waals surface area contributed by atoms with Gasteiger partial charge in [0.15, 0.2) is 0 Å². The monoisotopic (exact) mass is 605 g/mol. The van der Waals surface area contributed by atoms with Crippen molar-refractivity contribution in [1.82, 2.24) is 0 Å². The van der Waals surface area contributed by atoms with Crippen molar-refractivity contribution >= 4 is 34.9 Å². The lowest BCUT2D eigenvalue weighted by atomic mass is 9.83. The molecule has 0 spiro atoms. The van der Waals surface area contributed by atoms with Crippen LogP contribution in [0.15, 0.2) is 182 Å². The quantitative estimate of drug-likeness (QED) is 0.0854. The van der Waals surface area contributed by atoms with E-state index in [4.69, 9.17) is 4.74 Å². The highest BCUT2D eigenvalue weighted by Crippen LogP contribution is 2.57. The minimum Gasteiger partial charge on any atom is -0.442 e. The van der Waals surface area contributed by atoms with E-state index in [0.717, 1.165) is 0 Å². The molecular weight excluding hydrogens is 571 g/mol. The fourth-order valence-corrected chi connectivity index (χ4v) is 10.4. The Balaban J connectivity index is 1.57. The van der Waals surface area contributed by atoms with Gasteiger partial charge in [-0.1, -0.05) is 133 Å². The Morgan fingerprint density at radius 1 is 0.467 bits per heavy atom. The maximum Gasteiger partial charge on any atom is 0.339 e. The van der Waals surface area contributed by atoms with Gasteiger partial charge in [-0.15, -0.1) is 0 Å². The normalized spacial score (nSPS) is 12.5. The molecule has 0 aliphatic heterocycles. The number of Topliss-reactive ketones (excluding diaryl/α,β-unsaturated/α-hetero) is 1. The summed E-state index contributed by atoms with van der Waals surface area (Å²) in [4.78, 5) is 28.8. The molecule has 45 heavy (non-hydrogen) atoms. The van der Waals surface area contributed by atoms with Crippen molar-refractivity contribution in [2.45, 2.75) is 12.0 Å². The topological polar surface area (TPSA) is 43.4 Å². The van der Waals surface area contributed by atoms with Crippen LogP contribution in [0.25, 0.3) is 0 Å². The lowest BCUT2D eigenvalue weighted by Crippen LogP contribution is -2.44. The van der Waals surface area contributed by atoms with Crippen molar-refractivity contribution in [1.29, 1.82) is 0 Å². The molecule has 0 aliphatic rings. The highest BCUT2D eigenvalue weighted by molar-refractivity contribution is 7.95. The highest BCUT2D eigenvalue weighted by atomic mass is 31.2. The molecule has 0 saturated carbocycles. The van der Waals surface area contributed by atoms with E-state index in [1.807, 2.05) is 72.8 Å². The molecule has 0 radical (unpaired) electrons. The van der Waals surface area contributed by atoms with Gasteiger partial charge in [0, 0.05) is 17.5 Å². The number of rotatable bonds is 11. The maximum absolute atomic E-state index is 14.9.